The predicted octanol–water partition coefficient (Wildman–Crippen LogP) is 7.56. The van der Waals surface area contributed by atoms with Gasteiger partial charge in [-0.15, -0.1) is 23.2 Å². The molecule has 0 aliphatic heterocycles. The van der Waals surface area contributed by atoms with Crippen LogP contribution in [0.1, 0.15) is 21.8 Å². The molecule has 1 saturated carbocycles. The highest BCUT2D eigenvalue weighted by Gasteiger charge is 2.67. The number of anilines is 2. The van der Waals surface area contributed by atoms with Gasteiger partial charge in [0.1, 0.15) is 10.2 Å². The molecule has 170 valence electrons. The Labute approximate surface area is 213 Å². The van der Waals surface area contributed by atoms with Crippen molar-refractivity contribution in [3.05, 3.63) is 92.7 Å². The second-order valence-corrected chi connectivity index (χ2v) is 10.1. The molecule has 3 aromatic rings. The van der Waals surface area contributed by atoms with Gasteiger partial charge in [0.25, 0.3) is 5.91 Å². The molecule has 1 fully saturated rings. The molecule has 3 aromatic carbocycles. The van der Waals surface area contributed by atoms with Gasteiger partial charge in [0.15, 0.2) is 0 Å². The SMILES string of the molecule is O=C(Nc1ccc(F)cc1)c1cc(NC(=O)[C@H]2[C@H](c3ccc(Cl)c(Cl)c3)C2(Cl)Cl)ccc1Cl. The van der Waals surface area contributed by atoms with Gasteiger partial charge in [-0.2, -0.15) is 0 Å². The van der Waals surface area contributed by atoms with Gasteiger partial charge in [0, 0.05) is 17.3 Å². The fraction of sp³-hybridized carbons (Fsp3) is 0.130. The molecule has 0 spiro atoms. The van der Waals surface area contributed by atoms with Crippen LogP contribution < -0.4 is 10.6 Å². The maximum Gasteiger partial charge on any atom is 0.257 e. The summed E-state index contributed by atoms with van der Waals surface area (Å²) in [4.78, 5) is 25.5. The van der Waals surface area contributed by atoms with E-state index in [1.165, 1.54) is 36.4 Å². The highest BCUT2D eigenvalue weighted by Crippen LogP contribution is 2.65. The number of hydrogen-bond acceptors (Lipinski definition) is 2. The number of carbonyl (C=O) groups is 2. The number of alkyl halides is 2. The van der Waals surface area contributed by atoms with E-state index in [9.17, 15) is 14.0 Å². The standard InChI is InChI=1S/C23H14Cl5FN2O2/c24-16-8-6-14(10-15(16)21(32)30-13-4-2-12(29)3-5-13)31-22(33)20-19(23(20,27)28)11-1-7-17(25)18(26)9-11/h1-10,19-20H,(H,30,32)(H,31,33)/t19-,20+/m0/s1. The van der Waals surface area contributed by atoms with Crippen LogP contribution >= 0.6 is 58.0 Å². The van der Waals surface area contributed by atoms with Crippen LogP contribution in [-0.4, -0.2) is 16.1 Å². The van der Waals surface area contributed by atoms with Crippen molar-refractivity contribution in [3.63, 3.8) is 0 Å². The number of benzene rings is 3. The fourth-order valence-electron chi connectivity index (χ4n) is 3.50. The first-order valence-electron chi connectivity index (χ1n) is 9.58. The van der Waals surface area contributed by atoms with E-state index in [-0.39, 0.29) is 10.6 Å². The van der Waals surface area contributed by atoms with Crippen LogP contribution in [0.4, 0.5) is 15.8 Å². The molecule has 0 unspecified atom stereocenters. The summed E-state index contributed by atoms with van der Waals surface area (Å²) in [5.41, 5.74) is 1.53. The Morgan fingerprint density at radius 3 is 2.09 bits per heavy atom. The Bertz CT molecular complexity index is 1250. The van der Waals surface area contributed by atoms with E-state index in [1.54, 1.807) is 24.3 Å². The zero-order valence-electron chi connectivity index (χ0n) is 16.5. The minimum Gasteiger partial charge on any atom is -0.326 e. The van der Waals surface area contributed by atoms with Gasteiger partial charge >= 0.3 is 0 Å². The third-order valence-electron chi connectivity index (χ3n) is 5.22. The Balaban J connectivity index is 1.50. The molecule has 2 N–H and O–H groups in total. The van der Waals surface area contributed by atoms with Crippen LogP contribution in [0.3, 0.4) is 0 Å². The molecule has 2 atom stereocenters. The minimum atomic E-state index is -1.32. The van der Waals surface area contributed by atoms with E-state index in [0.29, 0.717) is 27.0 Å². The van der Waals surface area contributed by atoms with Crippen molar-refractivity contribution in [2.75, 3.05) is 10.6 Å². The molecule has 33 heavy (non-hydrogen) atoms. The first kappa shape index (κ1) is 24.1. The number of nitrogens with one attached hydrogen (secondary N) is 2. The van der Waals surface area contributed by atoms with Gasteiger partial charge in [-0.1, -0.05) is 40.9 Å². The van der Waals surface area contributed by atoms with E-state index >= 15 is 0 Å². The molecule has 10 heteroatoms. The van der Waals surface area contributed by atoms with E-state index in [2.05, 4.69) is 10.6 Å². The Kier molecular flexibility index (Phi) is 6.81. The lowest BCUT2D eigenvalue weighted by Gasteiger charge is -2.10. The monoisotopic (exact) mass is 544 g/mol. The molecule has 4 nitrogen and oxygen atoms in total. The van der Waals surface area contributed by atoms with Gasteiger partial charge in [-0.25, -0.2) is 4.39 Å². The summed E-state index contributed by atoms with van der Waals surface area (Å²) < 4.78 is 11.8. The van der Waals surface area contributed by atoms with E-state index < -0.39 is 33.8 Å². The Morgan fingerprint density at radius 1 is 0.788 bits per heavy atom. The molecule has 4 rings (SSSR count). The van der Waals surface area contributed by atoms with Crippen molar-refractivity contribution < 1.29 is 14.0 Å². The van der Waals surface area contributed by atoms with Crippen LogP contribution in [0.15, 0.2) is 60.7 Å². The minimum absolute atomic E-state index is 0.124. The first-order chi connectivity index (χ1) is 15.6. The molecular formula is C23H14Cl5FN2O2. The van der Waals surface area contributed by atoms with Gasteiger partial charge < -0.3 is 10.6 Å². The number of rotatable bonds is 5. The smallest absolute Gasteiger partial charge is 0.257 e. The summed E-state index contributed by atoms with van der Waals surface area (Å²) >= 11 is 31.0. The lowest BCUT2D eigenvalue weighted by Crippen LogP contribution is -2.18. The van der Waals surface area contributed by atoms with Crippen LogP contribution in [0.5, 0.6) is 0 Å². The van der Waals surface area contributed by atoms with Gasteiger partial charge in [-0.3, -0.25) is 9.59 Å². The van der Waals surface area contributed by atoms with Crippen molar-refractivity contribution >= 4 is 81.2 Å². The van der Waals surface area contributed by atoms with Crippen molar-refractivity contribution in [3.8, 4) is 0 Å². The molecule has 0 radical (unpaired) electrons. The lowest BCUT2D eigenvalue weighted by atomic mass is 10.1. The summed E-state index contributed by atoms with van der Waals surface area (Å²) in [5.74, 6) is -2.60. The highest BCUT2D eigenvalue weighted by molar-refractivity contribution is 6.53. The van der Waals surface area contributed by atoms with Crippen LogP contribution in [0.25, 0.3) is 0 Å². The quantitative estimate of drug-likeness (QED) is 0.325. The first-order valence-corrected chi connectivity index (χ1v) is 11.5. The number of hydrogen-bond donors (Lipinski definition) is 2. The molecule has 1 aliphatic carbocycles. The van der Waals surface area contributed by atoms with Crippen LogP contribution in [0, 0.1) is 11.7 Å². The molecule has 0 heterocycles. The maximum atomic E-state index is 13.1. The van der Waals surface area contributed by atoms with Gasteiger partial charge in [0.2, 0.25) is 5.91 Å². The topological polar surface area (TPSA) is 58.2 Å². The summed E-state index contributed by atoms with van der Waals surface area (Å²) in [6.07, 6.45) is 0. The predicted molar refractivity (Wildman–Crippen MR) is 132 cm³/mol. The van der Waals surface area contributed by atoms with E-state index in [4.69, 9.17) is 58.0 Å². The summed E-state index contributed by atoms with van der Waals surface area (Å²) in [5, 5.41) is 6.24. The third-order valence-corrected chi connectivity index (χ3v) is 7.23. The Morgan fingerprint density at radius 2 is 1.42 bits per heavy atom. The number of halogens is 6. The largest absolute Gasteiger partial charge is 0.326 e. The molecule has 0 aromatic heterocycles. The maximum absolute atomic E-state index is 13.1. The van der Waals surface area contributed by atoms with Gasteiger partial charge in [-0.05, 0) is 60.2 Å². The zero-order chi connectivity index (χ0) is 23.9. The normalized spacial score (nSPS) is 18.5. The fourth-order valence-corrected chi connectivity index (χ4v) is 4.84. The lowest BCUT2D eigenvalue weighted by molar-refractivity contribution is -0.117. The van der Waals surface area contributed by atoms with Crippen molar-refractivity contribution in [1.29, 1.82) is 0 Å². The van der Waals surface area contributed by atoms with E-state index in [0.717, 1.165) is 0 Å². The average molecular weight is 547 g/mol. The molecular weight excluding hydrogens is 533 g/mol. The van der Waals surface area contributed by atoms with E-state index in [1.807, 2.05) is 0 Å². The summed E-state index contributed by atoms with van der Waals surface area (Å²) in [6.45, 7) is 0. The van der Waals surface area contributed by atoms with Gasteiger partial charge in [0.05, 0.1) is 26.5 Å². The highest BCUT2D eigenvalue weighted by atomic mass is 35.5. The second-order valence-electron chi connectivity index (χ2n) is 7.45. The number of carbonyl (C=O) groups excluding carboxylic acids is 2. The third kappa shape index (κ3) is 5.08. The summed E-state index contributed by atoms with van der Waals surface area (Å²) in [6, 6.07) is 14.7. The molecule has 2 amide bonds. The van der Waals surface area contributed by atoms with Crippen molar-refractivity contribution in [1.82, 2.24) is 0 Å². The van der Waals surface area contributed by atoms with Crippen molar-refractivity contribution in [2.45, 2.75) is 10.3 Å². The molecule has 1 aliphatic rings. The molecule has 0 saturated heterocycles. The second kappa shape index (κ2) is 9.32. The average Bonchev–Trinajstić information content (AvgIpc) is 3.35. The van der Waals surface area contributed by atoms with Crippen LogP contribution in [-0.2, 0) is 4.79 Å². The Hall–Kier alpha value is -2.02. The molecule has 0 bridgehead atoms. The number of amides is 2. The summed E-state index contributed by atoms with van der Waals surface area (Å²) in [7, 11) is 0. The van der Waals surface area contributed by atoms with Crippen LogP contribution in [0.2, 0.25) is 15.1 Å². The van der Waals surface area contributed by atoms with Crippen molar-refractivity contribution in [2.24, 2.45) is 5.92 Å². The zero-order valence-corrected chi connectivity index (χ0v) is 20.3.